The number of hydrogen-bond donors (Lipinski definition) is 1. The van der Waals surface area contributed by atoms with E-state index in [1.165, 1.54) is 11.1 Å². The molecule has 2 heterocycles. The molecule has 1 saturated heterocycles. The van der Waals surface area contributed by atoms with Crippen molar-refractivity contribution in [2.24, 2.45) is 11.8 Å². The van der Waals surface area contributed by atoms with Crippen LogP contribution >= 0.6 is 0 Å². The second kappa shape index (κ2) is 5.68. The smallest absolute Gasteiger partial charge is 0.0767 e. The van der Waals surface area contributed by atoms with Crippen LogP contribution in [0.1, 0.15) is 12.0 Å². The second-order valence-electron chi connectivity index (χ2n) is 5.18. The van der Waals surface area contributed by atoms with Crippen molar-refractivity contribution in [2.45, 2.75) is 12.5 Å². The van der Waals surface area contributed by atoms with E-state index in [0.29, 0.717) is 11.8 Å². The van der Waals surface area contributed by atoms with Crippen LogP contribution in [0.5, 0.6) is 0 Å². The number of fused-ring (bicyclic) bond motifs is 1. The highest BCUT2D eigenvalue weighted by atomic mass is 16.5. The summed E-state index contributed by atoms with van der Waals surface area (Å²) < 4.78 is 5.92. The topological polar surface area (TPSA) is 34.1 Å². The normalized spacial score (nSPS) is 29.7. The Morgan fingerprint density at radius 3 is 3.00 bits per heavy atom. The molecule has 3 atom stereocenters. The Labute approximate surface area is 114 Å². The SMILES string of the molecule is CNCC1OCCC2C(c3ccncc3)=CC=CC12. The number of pyridine rings is 1. The molecule has 19 heavy (non-hydrogen) atoms. The molecule has 1 aliphatic carbocycles. The van der Waals surface area contributed by atoms with Gasteiger partial charge in [-0.15, -0.1) is 0 Å². The van der Waals surface area contributed by atoms with Gasteiger partial charge in [-0.25, -0.2) is 0 Å². The van der Waals surface area contributed by atoms with Crippen LogP contribution in [0.3, 0.4) is 0 Å². The summed E-state index contributed by atoms with van der Waals surface area (Å²) in [7, 11) is 1.99. The van der Waals surface area contributed by atoms with Crippen molar-refractivity contribution in [3.05, 3.63) is 48.3 Å². The quantitative estimate of drug-likeness (QED) is 0.901. The monoisotopic (exact) mass is 256 g/mol. The van der Waals surface area contributed by atoms with Crippen molar-refractivity contribution in [2.75, 3.05) is 20.2 Å². The fraction of sp³-hybridized carbons (Fsp3) is 0.438. The molecule has 1 fully saturated rings. The number of rotatable bonds is 3. The van der Waals surface area contributed by atoms with E-state index in [4.69, 9.17) is 4.74 Å². The average Bonchev–Trinajstić information content (AvgIpc) is 2.48. The number of aromatic nitrogens is 1. The summed E-state index contributed by atoms with van der Waals surface area (Å²) in [6.45, 7) is 1.76. The molecular weight excluding hydrogens is 236 g/mol. The van der Waals surface area contributed by atoms with E-state index < -0.39 is 0 Å². The Balaban J connectivity index is 1.87. The highest BCUT2D eigenvalue weighted by molar-refractivity contribution is 5.70. The average molecular weight is 256 g/mol. The lowest BCUT2D eigenvalue weighted by Crippen LogP contribution is -2.42. The van der Waals surface area contributed by atoms with E-state index in [0.717, 1.165) is 19.6 Å². The molecule has 0 radical (unpaired) electrons. The number of likely N-dealkylation sites (N-methyl/N-ethyl adjacent to an activating group) is 1. The number of nitrogens with zero attached hydrogens (tertiary/aromatic N) is 1. The molecule has 0 aromatic carbocycles. The molecule has 3 rings (SSSR count). The van der Waals surface area contributed by atoms with E-state index in [1.54, 1.807) is 0 Å². The van der Waals surface area contributed by atoms with Crippen molar-refractivity contribution in [1.82, 2.24) is 10.3 Å². The summed E-state index contributed by atoms with van der Waals surface area (Å²) in [4.78, 5) is 4.11. The van der Waals surface area contributed by atoms with Crippen LogP contribution < -0.4 is 5.32 Å². The molecule has 0 amide bonds. The maximum Gasteiger partial charge on any atom is 0.0767 e. The molecule has 1 N–H and O–H groups in total. The van der Waals surface area contributed by atoms with Gasteiger partial charge >= 0.3 is 0 Å². The first-order valence-corrected chi connectivity index (χ1v) is 6.95. The van der Waals surface area contributed by atoms with E-state index in [-0.39, 0.29) is 6.10 Å². The van der Waals surface area contributed by atoms with E-state index >= 15 is 0 Å². The minimum absolute atomic E-state index is 0.283. The van der Waals surface area contributed by atoms with Gasteiger partial charge in [0, 0.05) is 31.5 Å². The van der Waals surface area contributed by atoms with E-state index in [9.17, 15) is 0 Å². The Morgan fingerprint density at radius 1 is 1.37 bits per heavy atom. The summed E-state index contributed by atoms with van der Waals surface area (Å²) in [6, 6.07) is 4.20. The van der Waals surface area contributed by atoms with Crippen molar-refractivity contribution >= 4 is 5.57 Å². The third-order valence-corrected chi connectivity index (χ3v) is 4.08. The van der Waals surface area contributed by atoms with Gasteiger partial charge in [-0.1, -0.05) is 18.2 Å². The highest BCUT2D eigenvalue weighted by Gasteiger charge is 2.35. The van der Waals surface area contributed by atoms with Crippen LogP contribution in [0, 0.1) is 11.8 Å². The van der Waals surface area contributed by atoms with Crippen LogP contribution in [0.2, 0.25) is 0 Å². The third-order valence-electron chi connectivity index (χ3n) is 4.08. The lowest BCUT2D eigenvalue weighted by molar-refractivity contribution is -0.0250. The second-order valence-corrected chi connectivity index (χ2v) is 5.18. The van der Waals surface area contributed by atoms with Crippen molar-refractivity contribution in [1.29, 1.82) is 0 Å². The van der Waals surface area contributed by atoms with E-state index in [2.05, 4.69) is 40.7 Å². The molecular formula is C16H20N2O. The standard InChI is InChI=1S/C16H20N2O/c1-17-11-16-15-4-2-3-13(14(15)7-10-19-16)12-5-8-18-9-6-12/h2-6,8-9,14-17H,7,10-11H2,1H3. The minimum atomic E-state index is 0.283. The Kier molecular flexibility index (Phi) is 3.76. The highest BCUT2D eigenvalue weighted by Crippen LogP contribution is 2.40. The number of hydrogen-bond acceptors (Lipinski definition) is 3. The first-order chi connectivity index (χ1) is 9.40. The maximum atomic E-state index is 5.92. The number of ether oxygens (including phenoxy) is 1. The zero-order valence-electron chi connectivity index (χ0n) is 11.3. The largest absolute Gasteiger partial charge is 0.376 e. The number of nitrogens with one attached hydrogen (secondary N) is 1. The third kappa shape index (κ3) is 2.48. The molecule has 1 aromatic rings. The van der Waals surface area contributed by atoms with Gasteiger partial charge in [0.05, 0.1) is 6.10 Å². The molecule has 3 nitrogen and oxygen atoms in total. The lowest BCUT2D eigenvalue weighted by atomic mass is 9.74. The molecule has 3 heteroatoms. The molecule has 1 aliphatic heterocycles. The number of allylic oxidation sites excluding steroid dienone is 3. The molecule has 0 bridgehead atoms. The van der Waals surface area contributed by atoms with Crippen LogP contribution in [0.25, 0.3) is 5.57 Å². The Hall–Kier alpha value is -1.45. The van der Waals surface area contributed by atoms with Crippen LogP contribution in [-0.4, -0.2) is 31.3 Å². The minimum Gasteiger partial charge on any atom is -0.376 e. The Bertz CT molecular complexity index is 479. The van der Waals surface area contributed by atoms with Gasteiger partial charge in [0.1, 0.15) is 0 Å². The summed E-state index contributed by atoms with van der Waals surface area (Å²) in [5, 5.41) is 3.24. The van der Waals surface area contributed by atoms with Crippen LogP contribution in [0.15, 0.2) is 42.8 Å². The summed E-state index contributed by atoms with van der Waals surface area (Å²) >= 11 is 0. The maximum absolute atomic E-state index is 5.92. The first kappa shape index (κ1) is 12.6. The molecule has 0 saturated carbocycles. The van der Waals surface area contributed by atoms with Gasteiger partial charge in [-0.05, 0) is 42.7 Å². The van der Waals surface area contributed by atoms with Gasteiger partial charge in [-0.2, -0.15) is 0 Å². The van der Waals surface area contributed by atoms with Crippen molar-refractivity contribution in [3.63, 3.8) is 0 Å². The van der Waals surface area contributed by atoms with Gasteiger partial charge in [0.25, 0.3) is 0 Å². The van der Waals surface area contributed by atoms with Gasteiger partial charge in [0.15, 0.2) is 0 Å². The lowest BCUT2D eigenvalue weighted by Gasteiger charge is -2.39. The Morgan fingerprint density at radius 2 is 2.21 bits per heavy atom. The van der Waals surface area contributed by atoms with Gasteiger partial charge in [0.2, 0.25) is 0 Å². The fourth-order valence-corrected chi connectivity index (χ4v) is 3.19. The summed E-state index contributed by atoms with van der Waals surface area (Å²) in [5.41, 5.74) is 2.72. The van der Waals surface area contributed by atoms with E-state index in [1.807, 2.05) is 19.4 Å². The fourth-order valence-electron chi connectivity index (χ4n) is 3.19. The van der Waals surface area contributed by atoms with Crippen LogP contribution in [0.4, 0.5) is 0 Å². The predicted octanol–water partition coefficient (Wildman–Crippen LogP) is 2.28. The van der Waals surface area contributed by atoms with Crippen LogP contribution in [-0.2, 0) is 4.74 Å². The van der Waals surface area contributed by atoms with Crippen molar-refractivity contribution < 1.29 is 4.74 Å². The molecule has 0 spiro atoms. The molecule has 1 aromatic heterocycles. The van der Waals surface area contributed by atoms with Gasteiger partial charge in [-0.3, -0.25) is 4.98 Å². The first-order valence-electron chi connectivity index (χ1n) is 6.95. The molecule has 2 aliphatic rings. The zero-order chi connectivity index (χ0) is 13.1. The predicted molar refractivity (Wildman–Crippen MR) is 76.6 cm³/mol. The summed E-state index contributed by atoms with van der Waals surface area (Å²) in [6.07, 6.45) is 11.8. The summed E-state index contributed by atoms with van der Waals surface area (Å²) in [5.74, 6) is 1.05. The molecule has 3 unspecified atom stereocenters. The molecule has 100 valence electrons. The van der Waals surface area contributed by atoms with Gasteiger partial charge < -0.3 is 10.1 Å². The zero-order valence-corrected chi connectivity index (χ0v) is 11.3. The van der Waals surface area contributed by atoms with Crippen molar-refractivity contribution in [3.8, 4) is 0 Å².